The van der Waals surface area contributed by atoms with E-state index in [0.717, 1.165) is 17.9 Å². The Balaban J connectivity index is 1.64. The van der Waals surface area contributed by atoms with Crippen molar-refractivity contribution in [3.63, 3.8) is 0 Å². The molecule has 18 heavy (non-hydrogen) atoms. The van der Waals surface area contributed by atoms with Crippen LogP contribution in [0.25, 0.3) is 0 Å². The van der Waals surface area contributed by atoms with E-state index in [1.807, 2.05) is 0 Å². The molecule has 0 aromatic carbocycles. The average Bonchev–Trinajstić information content (AvgIpc) is 2.87. The highest BCUT2D eigenvalue weighted by molar-refractivity contribution is 5.92. The summed E-state index contributed by atoms with van der Waals surface area (Å²) in [6, 6.07) is 0. The normalized spacial score (nSPS) is 19.6. The maximum absolute atomic E-state index is 11.8. The number of nitrogens with zero attached hydrogens (tertiary/aromatic N) is 2. The number of rotatable bonds is 3. The number of carbonyl (C=O) groups excluding carboxylic acids is 2. The van der Waals surface area contributed by atoms with Gasteiger partial charge in [-0.15, -0.1) is 0 Å². The number of aromatic nitrogens is 1. The van der Waals surface area contributed by atoms with Gasteiger partial charge in [0.25, 0.3) is 5.91 Å². The van der Waals surface area contributed by atoms with Gasteiger partial charge < -0.3 is 9.15 Å². The zero-order valence-electron chi connectivity index (χ0n) is 9.72. The number of hydrogen-bond acceptors (Lipinski definition) is 5. The first-order valence-corrected chi connectivity index (χ1v) is 5.95. The van der Waals surface area contributed by atoms with Crippen molar-refractivity contribution < 1.29 is 18.7 Å². The van der Waals surface area contributed by atoms with Crippen LogP contribution in [0.3, 0.4) is 0 Å². The quantitative estimate of drug-likeness (QED) is 0.867. The fourth-order valence-corrected chi connectivity index (χ4v) is 1.91. The van der Waals surface area contributed by atoms with Gasteiger partial charge in [0, 0.05) is 5.92 Å². The third-order valence-electron chi connectivity index (χ3n) is 3.21. The summed E-state index contributed by atoms with van der Waals surface area (Å²) in [7, 11) is 0. The van der Waals surface area contributed by atoms with Crippen LogP contribution in [0.2, 0.25) is 0 Å². The summed E-state index contributed by atoms with van der Waals surface area (Å²) in [4.78, 5) is 27.1. The van der Waals surface area contributed by atoms with E-state index in [-0.39, 0.29) is 12.3 Å². The number of carbonyl (C=O) groups is 2. The summed E-state index contributed by atoms with van der Waals surface area (Å²) in [6.45, 7) is 0.628. The van der Waals surface area contributed by atoms with Gasteiger partial charge in [-0.25, -0.2) is 14.8 Å². The highest BCUT2D eigenvalue weighted by Gasteiger charge is 2.28. The average molecular weight is 251 g/mol. The van der Waals surface area contributed by atoms with E-state index in [0.29, 0.717) is 18.4 Å². The maximum Gasteiger partial charge on any atom is 0.428 e. The monoisotopic (exact) mass is 251 g/mol. The summed E-state index contributed by atoms with van der Waals surface area (Å²) in [5.41, 5.74) is 2.62. The molecule has 96 valence electrons. The van der Waals surface area contributed by atoms with Gasteiger partial charge in [-0.05, 0) is 12.8 Å². The van der Waals surface area contributed by atoms with E-state index in [2.05, 4.69) is 10.4 Å². The van der Waals surface area contributed by atoms with Gasteiger partial charge in [0.05, 0.1) is 6.54 Å². The molecule has 1 saturated carbocycles. The fourth-order valence-electron chi connectivity index (χ4n) is 1.91. The number of hydrogen-bond donors (Lipinski definition) is 1. The molecule has 2 heterocycles. The molecular weight excluding hydrogens is 238 g/mol. The summed E-state index contributed by atoms with van der Waals surface area (Å²) < 4.78 is 9.97. The molecular formula is C11H13N3O4. The van der Waals surface area contributed by atoms with Crippen molar-refractivity contribution in [1.82, 2.24) is 15.4 Å². The SMILES string of the molecule is O=C(NN1CCOC1=O)c1coc(C2CCC2)n1. The molecule has 2 amide bonds. The van der Waals surface area contributed by atoms with E-state index in [4.69, 9.17) is 9.15 Å². The topological polar surface area (TPSA) is 84.7 Å². The van der Waals surface area contributed by atoms with Crippen molar-refractivity contribution >= 4 is 12.0 Å². The Bertz CT molecular complexity index is 480. The standard InChI is InChI=1S/C11H13N3O4/c15-9(13-14-4-5-17-11(14)16)8-6-18-10(12-8)7-2-1-3-7/h6-7H,1-5H2,(H,13,15). The molecule has 0 atom stereocenters. The minimum atomic E-state index is -0.550. The second kappa shape index (κ2) is 4.32. The van der Waals surface area contributed by atoms with Crippen molar-refractivity contribution in [3.8, 4) is 0 Å². The minimum Gasteiger partial charge on any atom is -0.448 e. The van der Waals surface area contributed by atoms with Crippen molar-refractivity contribution in [3.05, 3.63) is 17.8 Å². The van der Waals surface area contributed by atoms with Gasteiger partial charge in [-0.3, -0.25) is 10.2 Å². The first-order chi connectivity index (χ1) is 8.74. The zero-order valence-corrected chi connectivity index (χ0v) is 9.72. The molecule has 1 aliphatic carbocycles. The molecule has 2 aliphatic rings. The summed E-state index contributed by atoms with van der Waals surface area (Å²) >= 11 is 0. The number of cyclic esters (lactones) is 1. The van der Waals surface area contributed by atoms with E-state index in [1.165, 1.54) is 12.7 Å². The van der Waals surface area contributed by atoms with Crippen LogP contribution in [0.1, 0.15) is 41.6 Å². The molecule has 7 heteroatoms. The molecule has 1 N–H and O–H groups in total. The lowest BCUT2D eigenvalue weighted by atomic mass is 9.85. The minimum absolute atomic E-state index is 0.191. The van der Waals surface area contributed by atoms with Gasteiger partial charge in [0.1, 0.15) is 12.9 Å². The smallest absolute Gasteiger partial charge is 0.428 e. The van der Waals surface area contributed by atoms with E-state index in [1.54, 1.807) is 0 Å². The number of amides is 2. The third kappa shape index (κ3) is 1.92. The lowest BCUT2D eigenvalue weighted by molar-refractivity contribution is 0.0826. The third-order valence-corrected chi connectivity index (χ3v) is 3.21. The predicted molar refractivity (Wildman–Crippen MR) is 58.6 cm³/mol. The molecule has 0 unspecified atom stereocenters. The number of oxazole rings is 1. The largest absolute Gasteiger partial charge is 0.448 e. The summed E-state index contributed by atoms with van der Waals surface area (Å²) in [6.07, 6.45) is 4.06. The van der Waals surface area contributed by atoms with Crippen molar-refractivity contribution in [1.29, 1.82) is 0 Å². The number of nitrogens with one attached hydrogen (secondary N) is 1. The van der Waals surface area contributed by atoms with Crippen LogP contribution in [0, 0.1) is 0 Å². The maximum atomic E-state index is 11.8. The van der Waals surface area contributed by atoms with E-state index < -0.39 is 12.0 Å². The zero-order chi connectivity index (χ0) is 12.5. The van der Waals surface area contributed by atoms with Gasteiger partial charge in [0.2, 0.25) is 0 Å². The van der Waals surface area contributed by atoms with Crippen LogP contribution < -0.4 is 5.43 Å². The number of hydrazine groups is 1. The number of ether oxygens (including phenoxy) is 1. The second-order valence-corrected chi connectivity index (χ2v) is 4.41. The second-order valence-electron chi connectivity index (χ2n) is 4.41. The molecule has 0 radical (unpaired) electrons. The molecule has 1 aromatic heterocycles. The van der Waals surface area contributed by atoms with Crippen molar-refractivity contribution in [2.45, 2.75) is 25.2 Å². The molecule has 2 fully saturated rings. The van der Waals surface area contributed by atoms with Crippen LogP contribution in [-0.4, -0.2) is 35.1 Å². The molecule has 0 bridgehead atoms. The van der Waals surface area contributed by atoms with Crippen molar-refractivity contribution in [2.75, 3.05) is 13.2 Å². The molecule has 7 nitrogen and oxygen atoms in total. The van der Waals surface area contributed by atoms with Gasteiger partial charge in [-0.1, -0.05) is 6.42 Å². The fraction of sp³-hybridized carbons (Fsp3) is 0.545. The molecule has 1 aliphatic heterocycles. The molecule has 1 saturated heterocycles. The highest BCUT2D eigenvalue weighted by atomic mass is 16.6. The van der Waals surface area contributed by atoms with Crippen LogP contribution in [-0.2, 0) is 4.74 Å². The van der Waals surface area contributed by atoms with E-state index >= 15 is 0 Å². The van der Waals surface area contributed by atoms with Gasteiger partial charge in [-0.2, -0.15) is 0 Å². The molecule has 1 aromatic rings. The lowest BCUT2D eigenvalue weighted by Crippen LogP contribution is -2.42. The Morgan fingerprint density at radius 2 is 2.33 bits per heavy atom. The van der Waals surface area contributed by atoms with Crippen molar-refractivity contribution in [2.24, 2.45) is 0 Å². The van der Waals surface area contributed by atoms with Crippen LogP contribution in [0.5, 0.6) is 0 Å². The predicted octanol–water partition coefficient (Wildman–Crippen LogP) is 1.04. The lowest BCUT2D eigenvalue weighted by Gasteiger charge is -2.21. The van der Waals surface area contributed by atoms with Gasteiger partial charge in [0.15, 0.2) is 11.6 Å². The Morgan fingerprint density at radius 3 is 2.94 bits per heavy atom. The Kier molecular flexibility index (Phi) is 2.66. The Hall–Kier alpha value is -2.05. The summed E-state index contributed by atoms with van der Waals surface area (Å²) in [5.74, 6) is 0.488. The molecule has 3 rings (SSSR count). The van der Waals surface area contributed by atoms with Crippen LogP contribution in [0.15, 0.2) is 10.7 Å². The Labute approximate surface area is 103 Å². The highest BCUT2D eigenvalue weighted by Crippen LogP contribution is 2.35. The first-order valence-electron chi connectivity index (χ1n) is 5.95. The van der Waals surface area contributed by atoms with Crippen LogP contribution in [0.4, 0.5) is 4.79 Å². The van der Waals surface area contributed by atoms with E-state index in [9.17, 15) is 9.59 Å². The molecule has 0 spiro atoms. The van der Waals surface area contributed by atoms with Gasteiger partial charge >= 0.3 is 6.09 Å². The first kappa shape index (κ1) is 11.1. The Morgan fingerprint density at radius 1 is 1.50 bits per heavy atom. The van der Waals surface area contributed by atoms with Crippen LogP contribution >= 0.6 is 0 Å². The summed E-state index contributed by atoms with van der Waals surface area (Å²) in [5, 5.41) is 1.13.